The second-order valence-electron chi connectivity index (χ2n) is 4.90. The van der Waals surface area contributed by atoms with E-state index in [1.165, 1.54) is 0 Å². The minimum absolute atomic E-state index is 0.109. The summed E-state index contributed by atoms with van der Waals surface area (Å²) < 4.78 is 18.5. The van der Waals surface area contributed by atoms with Gasteiger partial charge < -0.3 is 24.1 Å². The van der Waals surface area contributed by atoms with Crippen LogP contribution >= 0.6 is 0 Å². The van der Waals surface area contributed by atoms with Gasteiger partial charge in [0.25, 0.3) is 0 Å². The largest absolute Gasteiger partial charge is 0.382 e. The van der Waals surface area contributed by atoms with Crippen molar-refractivity contribution in [1.29, 1.82) is 0 Å². The van der Waals surface area contributed by atoms with Crippen LogP contribution in [0, 0.1) is 6.92 Å². The van der Waals surface area contributed by atoms with Gasteiger partial charge in [-0.15, -0.1) is 0 Å². The maximum atomic E-state index is 5.61. The number of nitrogens with one attached hydrogen (secondary N) is 1. The summed E-state index contributed by atoms with van der Waals surface area (Å²) in [7, 11) is 0. The Morgan fingerprint density at radius 1 is 1.50 bits per heavy atom. The molecule has 1 unspecified atom stereocenters. The lowest BCUT2D eigenvalue weighted by atomic mass is 10.3. The summed E-state index contributed by atoms with van der Waals surface area (Å²) in [5.41, 5.74) is 1.02. The van der Waals surface area contributed by atoms with E-state index in [2.05, 4.69) is 21.1 Å². The van der Waals surface area contributed by atoms with Crippen molar-refractivity contribution in [2.24, 2.45) is 0 Å². The molecule has 1 N–H and O–H groups in total. The lowest BCUT2D eigenvalue weighted by Crippen LogP contribution is -2.34. The van der Waals surface area contributed by atoms with Gasteiger partial charge in [0.05, 0.1) is 31.6 Å². The van der Waals surface area contributed by atoms with Crippen LogP contribution in [0.3, 0.4) is 0 Å². The zero-order chi connectivity index (χ0) is 14.2. The average molecular weight is 283 g/mol. The number of ether oxygens (including phenoxy) is 3. The molecule has 1 atom stereocenters. The SMILES string of the molecule is CCOCCCn1cc(C)nc1NCC1COCCO1. The maximum absolute atomic E-state index is 5.61. The first-order valence-corrected chi connectivity index (χ1v) is 7.34. The van der Waals surface area contributed by atoms with E-state index < -0.39 is 0 Å². The van der Waals surface area contributed by atoms with Gasteiger partial charge in [-0.25, -0.2) is 4.98 Å². The van der Waals surface area contributed by atoms with Crippen LogP contribution in [0.25, 0.3) is 0 Å². The minimum Gasteiger partial charge on any atom is -0.382 e. The first-order chi connectivity index (χ1) is 9.79. The average Bonchev–Trinajstić information content (AvgIpc) is 2.83. The molecule has 0 radical (unpaired) electrons. The molecule has 1 aromatic rings. The Bertz CT molecular complexity index is 389. The fraction of sp³-hybridized carbons (Fsp3) is 0.786. The molecule has 1 aromatic heterocycles. The van der Waals surface area contributed by atoms with Crippen molar-refractivity contribution in [2.45, 2.75) is 32.9 Å². The first kappa shape index (κ1) is 15.3. The molecule has 0 bridgehead atoms. The van der Waals surface area contributed by atoms with Crippen molar-refractivity contribution in [1.82, 2.24) is 9.55 Å². The van der Waals surface area contributed by atoms with Gasteiger partial charge in [0.1, 0.15) is 0 Å². The van der Waals surface area contributed by atoms with Crippen LogP contribution in [-0.4, -0.2) is 55.2 Å². The Labute approximate surface area is 120 Å². The fourth-order valence-corrected chi connectivity index (χ4v) is 2.20. The highest BCUT2D eigenvalue weighted by Crippen LogP contribution is 2.10. The highest BCUT2D eigenvalue weighted by molar-refractivity contribution is 5.28. The molecule has 1 aliphatic heterocycles. The second-order valence-corrected chi connectivity index (χ2v) is 4.90. The van der Waals surface area contributed by atoms with E-state index in [0.29, 0.717) is 19.8 Å². The van der Waals surface area contributed by atoms with Gasteiger partial charge in [-0.3, -0.25) is 0 Å². The van der Waals surface area contributed by atoms with Gasteiger partial charge in [-0.2, -0.15) is 0 Å². The predicted molar refractivity (Wildman–Crippen MR) is 77.1 cm³/mol. The number of aryl methyl sites for hydroxylation is 2. The third kappa shape index (κ3) is 4.77. The standard InChI is InChI=1S/C14H25N3O3/c1-3-18-6-4-5-17-10-12(2)16-14(17)15-9-13-11-19-7-8-20-13/h10,13H,3-9,11H2,1-2H3,(H,15,16). The van der Waals surface area contributed by atoms with E-state index >= 15 is 0 Å². The van der Waals surface area contributed by atoms with Crippen LogP contribution in [0.2, 0.25) is 0 Å². The van der Waals surface area contributed by atoms with Gasteiger partial charge in [-0.1, -0.05) is 0 Å². The number of hydrogen-bond donors (Lipinski definition) is 1. The Balaban J connectivity index is 1.80. The van der Waals surface area contributed by atoms with E-state index in [1.807, 2.05) is 13.8 Å². The summed E-state index contributed by atoms with van der Waals surface area (Å²) >= 11 is 0. The van der Waals surface area contributed by atoms with Crippen LogP contribution in [0.5, 0.6) is 0 Å². The predicted octanol–water partition coefficient (Wildman–Crippen LogP) is 1.45. The van der Waals surface area contributed by atoms with Crippen LogP contribution in [0.4, 0.5) is 5.95 Å². The fourth-order valence-electron chi connectivity index (χ4n) is 2.20. The first-order valence-electron chi connectivity index (χ1n) is 7.34. The Kier molecular flexibility index (Phi) is 6.29. The lowest BCUT2D eigenvalue weighted by Gasteiger charge is -2.23. The number of nitrogens with zero attached hydrogens (tertiary/aromatic N) is 2. The van der Waals surface area contributed by atoms with Gasteiger partial charge in [-0.05, 0) is 20.3 Å². The molecular formula is C14H25N3O3. The minimum atomic E-state index is 0.109. The summed E-state index contributed by atoms with van der Waals surface area (Å²) in [6, 6.07) is 0. The van der Waals surface area contributed by atoms with Crippen molar-refractivity contribution in [3.05, 3.63) is 11.9 Å². The molecule has 0 saturated carbocycles. The normalized spacial score (nSPS) is 19.2. The van der Waals surface area contributed by atoms with Gasteiger partial charge in [0.2, 0.25) is 5.95 Å². The summed E-state index contributed by atoms with van der Waals surface area (Å²) in [6.45, 7) is 9.23. The number of rotatable bonds is 8. The van der Waals surface area contributed by atoms with E-state index in [0.717, 1.165) is 44.4 Å². The number of anilines is 1. The van der Waals surface area contributed by atoms with Crippen LogP contribution < -0.4 is 5.32 Å². The summed E-state index contributed by atoms with van der Waals surface area (Å²) in [6.07, 6.45) is 3.16. The highest BCUT2D eigenvalue weighted by Gasteiger charge is 2.15. The monoisotopic (exact) mass is 283 g/mol. The number of aromatic nitrogens is 2. The molecule has 6 heteroatoms. The molecule has 1 saturated heterocycles. The number of imidazole rings is 1. The third-order valence-electron chi connectivity index (χ3n) is 3.16. The van der Waals surface area contributed by atoms with Crippen molar-refractivity contribution < 1.29 is 14.2 Å². The van der Waals surface area contributed by atoms with Crippen molar-refractivity contribution in [3.8, 4) is 0 Å². The molecule has 20 heavy (non-hydrogen) atoms. The molecule has 2 heterocycles. The summed E-state index contributed by atoms with van der Waals surface area (Å²) in [5, 5.41) is 3.35. The van der Waals surface area contributed by atoms with Gasteiger partial charge in [0.15, 0.2) is 0 Å². The van der Waals surface area contributed by atoms with E-state index in [4.69, 9.17) is 14.2 Å². The molecule has 0 spiro atoms. The molecule has 0 aromatic carbocycles. The van der Waals surface area contributed by atoms with Gasteiger partial charge >= 0.3 is 0 Å². The molecule has 0 aliphatic carbocycles. The summed E-state index contributed by atoms with van der Waals surface area (Å²) in [4.78, 5) is 4.51. The third-order valence-corrected chi connectivity index (χ3v) is 3.16. The van der Waals surface area contributed by atoms with Crippen LogP contribution in [0.15, 0.2) is 6.20 Å². The highest BCUT2D eigenvalue weighted by atomic mass is 16.6. The molecule has 1 aliphatic rings. The van der Waals surface area contributed by atoms with E-state index in [1.54, 1.807) is 0 Å². The maximum Gasteiger partial charge on any atom is 0.203 e. The van der Waals surface area contributed by atoms with Crippen LogP contribution in [-0.2, 0) is 20.8 Å². The van der Waals surface area contributed by atoms with E-state index in [-0.39, 0.29) is 6.10 Å². The van der Waals surface area contributed by atoms with Crippen molar-refractivity contribution >= 4 is 5.95 Å². The Morgan fingerprint density at radius 3 is 3.15 bits per heavy atom. The van der Waals surface area contributed by atoms with Gasteiger partial charge in [0, 0.05) is 32.5 Å². The molecule has 1 fully saturated rings. The molecule has 0 amide bonds. The Hall–Kier alpha value is -1.11. The van der Waals surface area contributed by atoms with Crippen molar-refractivity contribution in [2.75, 3.05) is 44.9 Å². The van der Waals surface area contributed by atoms with Crippen molar-refractivity contribution in [3.63, 3.8) is 0 Å². The quantitative estimate of drug-likeness (QED) is 0.732. The molecule has 114 valence electrons. The zero-order valence-corrected chi connectivity index (χ0v) is 12.4. The van der Waals surface area contributed by atoms with E-state index in [9.17, 15) is 0 Å². The molecule has 2 rings (SSSR count). The Morgan fingerprint density at radius 2 is 2.40 bits per heavy atom. The van der Waals surface area contributed by atoms with Crippen LogP contribution in [0.1, 0.15) is 19.0 Å². The summed E-state index contributed by atoms with van der Waals surface area (Å²) in [5.74, 6) is 0.896. The number of hydrogen-bond acceptors (Lipinski definition) is 5. The second kappa shape index (κ2) is 8.24. The smallest absolute Gasteiger partial charge is 0.203 e. The topological polar surface area (TPSA) is 57.5 Å². The lowest BCUT2D eigenvalue weighted by molar-refractivity contribution is -0.0819. The zero-order valence-electron chi connectivity index (χ0n) is 12.4. The molecule has 6 nitrogen and oxygen atoms in total. The molecular weight excluding hydrogens is 258 g/mol.